The Morgan fingerprint density at radius 2 is 1.89 bits per heavy atom. The number of rotatable bonds is 3. The number of likely N-dealkylation sites (N-methyl/N-ethyl adjacent to an activating group) is 2. The molecule has 1 amide bonds. The fourth-order valence-corrected chi connectivity index (χ4v) is 3.70. The van der Waals surface area contributed by atoms with E-state index in [0.29, 0.717) is 23.1 Å². The molecule has 1 aliphatic heterocycles. The first-order chi connectivity index (χ1) is 13.0. The summed E-state index contributed by atoms with van der Waals surface area (Å²) in [6.07, 6.45) is 0.692. The van der Waals surface area contributed by atoms with Crippen molar-refractivity contribution < 1.29 is 4.79 Å². The van der Waals surface area contributed by atoms with E-state index in [4.69, 9.17) is 0 Å². The fourth-order valence-electron chi connectivity index (χ4n) is 3.70. The van der Waals surface area contributed by atoms with Crippen LogP contribution in [0, 0.1) is 0 Å². The van der Waals surface area contributed by atoms with Gasteiger partial charge in [-0.2, -0.15) is 0 Å². The highest BCUT2D eigenvalue weighted by Crippen LogP contribution is 2.23. The third-order valence-corrected chi connectivity index (χ3v) is 5.19. The highest BCUT2D eigenvalue weighted by Gasteiger charge is 2.31. The molecule has 2 heterocycles. The van der Waals surface area contributed by atoms with Gasteiger partial charge in [0, 0.05) is 13.6 Å². The minimum Gasteiger partial charge on any atom is -0.337 e. The van der Waals surface area contributed by atoms with Crippen LogP contribution in [0.25, 0.3) is 10.9 Å². The van der Waals surface area contributed by atoms with Crippen LogP contribution in [0.4, 0.5) is 0 Å². The highest BCUT2D eigenvalue weighted by molar-refractivity contribution is 5.82. The van der Waals surface area contributed by atoms with E-state index in [2.05, 4.69) is 27.0 Å². The average Bonchev–Trinajstić information content (AvgIpc) is 2.67. The quantitative estimate of drug-likeness (QED) is 0.773. The summed E-state index contributed by atoms with van der Waals surface area (Å²) in [5.74, 6) is 0.524. The zero-order valence-electron chi connectivity index (χ0n) is 15.5. The lowest BCUT2D eigenvalue weighted by Gasteiger charge is -2.35. The maximum atomic E-state index is 13.0. The second-order valence-corrected chi connectivity index (χ2v) is 7.13. The summed E-state index contributed by atoms with van der Waals surface area (Å²) < 4.78 is 0. The number of carbonyl (C=O) groups excluding carboxylic acids is 1. The highest BCUT2D eigenvalue weighted by atomic mass is 16.2. The van der Waals surface area contributed by atoms with Gasteiger partial charge in [0.2, 0.25) is 5.91 Å². The zero-order chi connectivity index (χ0) is 19.0. The summed E-state index contributed by atoms with van der Waals surface area (Å²) in [6.45, 7) is 1.02. The van der Waals surface area contributed by atoms with Crippen molar-refractivity contribution in [2.24, 2.45) is 0 Å². The molecule has 6 heteroatoms. The Balaban J connectivity index is 1.54. The van der Waals surface area contributed by atoms with Crippen LogP contribution in [0.3, 0.4) is 0 Å². The molecular formula is C21H22N4O2. The van der Waals surface area contributed by atoms with E-state index in [1.54, 1.807) is 18.0 Å². The normalized spacial score (nSPS) is 16.9. The number of fused-ring (bicyclic) bond motifs is 2. The number of aromatic nitrogens is 2. The van der Waals surface area contributed by atoms with Gasteiger partial charge >= 0.3 is 0 Å². The van der Waals surface area contributed by atoms with Crippen molar-refractivity contribution in [3.63, 3.8) is 0 Å². The molecule has 0 fully saturated rings. The number of nitrogens with zero attached hydrogens (tertiary/aromatic N) is 3. The van der Waals surface area contributed by atoms with Crippen LogP contribution in [0.2, 0.25) is 0 Å². The first-order valence-corrected chi connectivity index (χ1v) is 9.03. The second kappa shape index (κ2) is 6.96. The summed E-state index contributed by atoms with van der Waals surface area (Å²) in [7, 11) is 3.73. The standard InChI is InChI=1S/C21H22N4O2/c1-24-12-15-8-4-3-7-14(15)11-18(24)21(27)25(2)13-19-22-17-10-6-5-9-16(17)20(26)23-19/h3-10,18H,11-13H2,1-2H3,(H,22,23,26). The number of nitrogens with one attached hydrogen (secondary N) is 1. The van der Waals surface area contributed by atoms with Crippen molar-refractivity contribution in [1.82, 2.24) is 19.8 Å². The molecule has 2 aromatic carbocycles. The Morgan fingerprint density at radius 3 is 2.70 bits per heavy atom. The Morgan fingerprint density at radius 1 is 1.19 bits per heavy atom. The molecule has 1 N–H and O–H groups in total. The molecule has 3 aromatic rings. The molecule has 0 radical (unpaired) electrons. The average molecular weight is 362 g/mol. The maximum Gasteiger partial charge on any atom is 0.258 e. The molecule has 4 rings (SSSR count). The monoisotopic (exact) mass is 362 g/mol. The number of hydrogen-bond acceptors (Lipinski definition) is 4. The lowest BCUT2D eigenvalue weighted by atomic mass is 9.94. The van der Waals surface area contributed by atoms with Gasteiger partial charge in [0.1, 0.15) is 5.82 Å². The fraction of sp³-hybridized carbons (Fsp3) is 0.286. The summed E-state index contributed by atoms with van der Waals surface area (Å²) >= 11 is 0. The molecule has 138 valence electrons. The lowest BCUT2D eigenvalue weighted by molar-refractivity contribution is -0.136. The SMILES string of the molecule is CN(Cc1nc2ccccc2c(=O)[nH]1)C(=O)C1Cc2ccccc2CN1C. The van der Waals surface area contributed by atoms with E-state index in [0.717, 1.165) is 6.54 Å². The van der Waals surface area contributed by atoms with Crippen LogP contribution < -0.4 is 5.56 Å². The predicted molar refractivity (Wildman–Crippen MR) is 104 cm³/mol. The largest absolute Gasteiger partial charge is 0.337 e. The van der Waals surface area contributed by atoms with Gasteiger partial charge in [-0.3, -0.25) is 14.5 Å². The van der Waals surface area contributed by atoms with E-state index in [-0.39, 0.29) is 24.1 Å². The van der Waals surface area contributed by atoms with Crippen molar-refractivity contribution in [1.29, 1.82) is 0 Å². The van der Waals surface area contributed by atoms with Crippen LogP contribution in [0.5, 0.6) is 0 Å². The maximum absolute atomic E-state index is 13.0. The Bertz CT molecular complexity index is 1060. The molecule has 6 nitrogen and oxygen atoms in total. The first-order valence-electron chi connectivity index (χ1n) is 9.03. The van der Waals surface area contributed by atoms with Gasteiger partial charge in [-0.25, -0.2) is 4.98 Å². The van der Waals surface area contributed by atoms with Gasteiger partial charge in [0.25, 0.3) is 5.56 Å². The van der Waals surface area contributed by atoms with Gasteiger partial charge < -0.3 is 9.88 Å². The predicted octanol–water partition coefficient (Wildman–Crippen LogP) is 1.94. The number of benzene rings is 2. The minimum absolute atomic E-state index is 0.0304. The lowest BCUT2D eigenvalue weighted by Crippen LogP contribution is -2.49. The molecule has 1 aromatic heterocycles. The Hall–Kier alpha value is -2.99. The number of H-pyrrole nitrogens is 1. The minimum atomic E-state index is -0.211. The Labute approximate surface area is 157 Å². The summed E-state index contributed by atoms with van der Waals surface area (Å²) in [4.78, 5) is 36.3. The van der Waals surface area contributed by atoms with E-state index >= 15 is 0 Å². The van der Waals surface area contributed by atoms with Crippen LogP contribution in [0.1, 0.15) is 17.0 Å². The van der Waals surface area contributed by atoms with Crippen LogP contribution >= 0.6 is 0 Å². The van der Waals surface area contributed by atoms with Crippen molar-refractivity contribution in [3.8, 4) is 0 Å². The summed E-state index contributed by atoms with van der Waals surface area (Å²) in [6, 6.07) is 15.2. The van der Waals surface area contributed by atoms with Crippen molar-refractivity contribution >= 4 is 16.8 Å². The molecule has 1 atom stereocenters. The van der Waals surface area contributed by atoms with Crippen LogP contribution in [-0.2, 0) is 24.3 Å². The number of hydrogen-bond donors (Lipinski definition) is 1. The molecule has 0 spiro atoms. The van der Waals surface area contributed by atoms with E-state index < -0.39 is 0 Å². The van der Waals surface area contributed by atoms with Gasteiger partial charge in [0.05, 0.1) is 23.5 Å². The summed E-state index contributed by atoms with van der Waals surface area (Å²) in [5.41, 5.74) is 2.95. The van der Waals surface area contributed by atoms with Gasteiger partial charge in [-0.15, -0.1) is 0 Å². The molecule has 0 bridgehead atoms. The van der Waals surface area contributed by atoms with Gasteiger partial charge in [-0.05, 0) is 36.7 Å². The number of carbonyl (C=O) groups is 1. The number of para-hydroxylation sites is 1. The van der Waals surface area contributed by atoms with E-state index in [1.807, 2.05) is 37.4 Å². The van der Waals surface area contributed by atoms with Crippen molar-refractivity contribution in [2.45, 2.75) is 25.6 Å². The molecule has 27 heavy (non-hydrogen) atoms. The summed E-state index contributed by atoms with van der Waals surface area (Å²) in [5, 5.41) is 0.554. The third kappa shape index (κ3) is 3.36. The molecular weight excluding hydrogens is 340 g/mol. The van der Waals surface area contributed by atoms with Crippen molar-refractivity contribution in [3.05, 3.63) is 75.8 Å². The third-order valence-electron chi connectivity index (χ3n) is 5.19. The van der Waals surface area contributed by atoms with E-state index in [9.17, 15) is 9.59 Å². The van der Waals surface area contributed by atoms with Crippen LogP contribution in [0.15, 0.2) is 53.3 Å². The molecule has 0 aliphatic carbocycles. The molecule has 0 saturated carbocycles. The van der Waals surface area contributed by atoms with Gasteiger partial charge in [0.15, 0.2) is 0 Å². The molecule has 0 saturated heterocycles. The second-order valence-electron chi connectivity index (χ2n) is 7.13. The zero-order valence-corrected chi connectivity index (χ0v) is 15.5. The number of aromatic amines is 1. The smallest absolute Gasteiger partial charge is 0.258 e. The van der Waals surface area contributed by atoms with E-state index in [1.165, 1.54) is 11.1 Å². The molecule has 1 unspecified atom stereocenters. The van der Waals surface area contributed by atoms with Gasteiger partial charge in [-0.1, -0.05) is 36.4 Å². The number of amides is 1. The Kier molecular flexibility index (Phi) is 4.49. The van der Waals surface area contributed by atoms with Crippen LogP contribution in [-0.4, -0.2) is 45.8 Å². The molecule has 1 aliphatic rings. The van der Waals surface area contributed by atoms with Crippen molar-refractivity contribution in [2.75, 3.05) is 14.1 Å². The first kappa shape index (κ1) is 17.4. The topological polar surface area (TPSA) is 69.3 Å².